The number of nitrogens with zero attached hydrogens (tertiary/aromatic N) is 5. The minimum atomic E-state index is -4.76. The number of carbonyl (C=O) groups excluding carboxylic acids is 1. The Labute approximate surface area is 275 Å². The normalized spacial score (nSPS) is 26.0. The summed E-state index contributed by atoms with van der Waals surface area (Å²) in [5, 5.41) is 0.288. The van der Waals surface area contributed by atoms with Crippen molar-refractivity contribution in [1.82, 2.24) is 19.8 Å². The van der Waals surface area contributed by atoms with Gasteiger partial charge in [-0.2, -0.15) is 23.1 Å². The topological polar surface area (TPSA) is 97.0 Å². The van der Waals surface area contributed by atoms with Crippen LogP contribution in [0.3, 0.4) is 0 Å². The molecular formula is C34H39F5N6O3. The predicted octanol–water partition coefficient (Wildman–Crippen LogP) is 6.58. The lowest BCUT2D eigenvalue weighted by molar-refractivity contribution is -0.137. The van der Waals surface area contributed by atoms with Gasteiger partial charge in [0.2, 0.25) is 0 Å². The third kappa shape index (κ3) is 5.85. The highest BCUT2D eigenvalue weighted by atomic mass is 19.4. The lowest BCUT2D eigenvalue weighted by atomic mass is 9.95. The molecule has 0 spiro atoms. The fraction of sp³-hybridized carbons (Fsp3) is 0.559. The maximum atomic E-state index is 16.6. The number of nitrogens with two attached hydrogens (primary N) is 1. The van der Waals surface area contributed by atoms with E-state index in [1.165, 1.54) is 12.1 Å². The molecule has 5 heterocycles. The molecule has 2 aromatic carbocycles. The largest absolute Gasteiger partial charge is 0.461 e. The fourth-order valence-electron chi connectivity index (χ4n) is 8.01. The second kappa shape index (κ2) is 11.6. The van der Waals surface area contributed by atoms with Crippen LogP contribution in [-0.2, 0) is 10.9 Å². The average molecular weight is 675 g/mol. The molecule has 14 heteroatoms. The Hall–Kier alpha value is -3.94. The van der Waals surface area contributed by atoms with Crippen LogP contribution in [0.25, 0.3) is 22.0 Å². The number of hydrogen-bond donors (Lipinski definition) is 1. The molecule has 4 aliphatic heterocycles. The van der Waals surface area contributed by atoms with Gasteiger partial charge in [-0.15, -0.1) is 0 Å². The first-order chi connectivity index (χ1) is 22.6. The molecule has 48 heavy (non-hydrogen) atoms. The van der Waals surface area contributed by atoms with Gasteiger partial charge in [0.15, 0.2) is 5.82 Å². The number of aromatic nitrogens is 2. The van der Waals surface area contributed by atoms with Crippen LogP contribution in [-0.4, -0.2) is 88.0 Å². The van der Waals surface area contributed by atoms with Crippen molar-refractivity contribution in [2.75, 3.05) is 43.4 Å². The minimum absolute atomic E-state index is 0.0475. The number of alkyl halides is 4. The van der Waals surface area contributed by atoms with E-state index in [0.29, 0.717) is 31.9 Å². The minimum Gasteiger partial charge on any atom is -0.461 e. The van der Waals surface area contributed by atoms with Crippen molar-refractivity contribution in [1.29, 1.82) is 0 Å². The Kier molecular flexibility index (Phi) is 7.87. The van der Waals surface area contributed by atoms with Crippen molar-refractivity contribution < 1.29 is 36.2 Å². The van der Waals surface area contributed by atoms with Crippen LogP contribution in [0.5, 0.6) is 6.01 Å². The highest BCUT2D eigenvalue weighted by Gasteiger charge is 2.50. The van der Waals surface area contributed by atoms with Gasteiger partial charge in [-0.1, -0.05) is 6.07 Å². The number of amides is 1. The number of rotatable bonds is 5. The molecule has 2 bridgehead atoms. The van der Waals surface area contributed by atoms with E-state index in [2.05, 4.69) is 9.88 Å². The number of anilines is 2. The molecular weight excluding hydrogens is 635 g/mol. The third-order valence-corrected chi connectivity index (χ3v) is 10.0. The van der Waals surface area contributed by atoms with Crippen LogP contribution >= 0.6 is 0 Å². The van der Waals surface area contributed by atoms with Crippen LogP contribution in [0.15, 0.2) is 30.3 Å². The summed E-state index contributed by atoms with van der Waals surface area (Å²) in [7, 11) is 0. The summed E-state index contributed by atoms with van der Waals surface area (Å²) in [6.07, 6.45) is -2.73. The van der Waals surface area contributed by atoms with Crippen molar-refractivity contribution in [3.05, 3.63) is 41.7 Å². The summed E-state index contributed by atoms with van der Waals surface area (Å²) in [4.78, 5) is 28.1. The molecule has 0 aliphatic carbocycles. The SMILES string of the molecule is CC(C)(C)OC(=O)N1[C@@H]2CC[C@H]1CN(c1nc(OC[C@@]34CCCN3C[C@H](F)C4)nc3c(F)c(-c4cc(N)ccc4C(F)(F)F)ccc13)C2. The van der Waals surface area contributed by atoms with Crippen molar-refractivity contribution in [2.24, 2.45) is 0 Å². The maximum absolute atomic E-state index is 16.6. The lowest BCUT2D eigenvalue weighted by Crippen LogP contribution is -2.57. The zero-order chi connectivity index (χ0) is 34.2. The molecule has 4 atom stereocenters. The molecule has 0 radical (unpaired) electrons. The van der Waals surface area contributed by atoms with Crippen molar-refractivity contribution in [3.63, 3.8) is 0 Å². The van der Waals surface area contributed by atoms with Crippen molar-refractivity contribution >= 4 is 28.5 Å². The molecule has 0 unspecified atom stereocenters. The zero-order valence-electron chi connectivity index (χ0n) is 27.1. The number of nitrogen functional groups attached to an aromatic ring is 1. The molecule has 0 saturated carbocycles. The summed E-state index contributed by atoms with van der Waals surface area (Å²) < 4.78 is 85.0. The van der Waals surface area contributed by atoms with Gasteiger partial charge in [-0.3, -0.25) is 9.80 Å². The summed E-state index contributed by atoms with van der Waals surface area (Å²) in [5.41, 5.74) is 2.75. The average Bonchev–Trinajstić information content (AvgIpc) is 3.61. The van der Waals surface area contributed by atoms with E-state index in [-0.39, 0.29) is 46.9 Å². The lowest BCUT2D eigenvalue weighted by Gasteiger charge is -2.42. The molecule has 4 saturated heterocycles. The first kappa shape index (κ1) is 32.6. The highest BCUT2D eigenvalue weighted by Crippen LogP contribution is 2.43. The monoisotopic (exact) mass is 674 g/mol. The molecule has 258 valence electrons. The molecule has 4 fully saturated rings. The van der Waals surface area contributed by atoms with Gasteiger partial charge < -0.3 is 20.1 Å². The van der Waals surface area contributed by atoms with E-state index in [9.17, 15) is 22.4 Å². The van der Waals surface area contributed by atoms with Crippen LogP contribution in [0.4, 0.5) is 38.3 Å². The van der Waals surface area contributed by atoms with E-state index < -0.39 is 46.5 Å². The molecule has 1 amide bonds. The Morgan fingerprint density at radius 3 is 2.46 bits per heavy atom. The Morgan fingerprint density at radius 2 is 1.77 bits per heavy atom. The quantitative estimate of drug-likeness (QED) is 0.240. The molecule has 3 aromatic rings. The first-order valence-electron chi connectivity index (χ1n) is 16.4. The van der Waals surface area contributed by atoms with Gasteiger partial charge in [-0.25, -0.2) is 13.6 Å². The zero-order valence-corrected chi connectivity index (χ0v) is 27.1. The number of halogens is 5. The predicted molar refractivity (Wildman–Crippen MR) is 170 cm³/mol. The van der Waals surface area contributed by atoms with Gasteiger partial charge in [-0.05, 0) is 82.8 Å². The second-order valence-corrected chi connectivity index (χ2v) is 14.5. The number of ether oxygens (including phenoxy) is 2. The van der Waals surface area contributed by atoms with E-state index in [1.807, 2.05) is 25.7 Å². The molecule has 2 N–H and O–H groups in total. The molecule has 4 aliphatic rings. The fourth-order valence-corrected chi connectivity index (χ4v) is 8.01. The van der Waals surface area contributed by atoms with Crippen LogP contribution in [0, 0.1) is 5.82 Å². The maximum Gasteiger partial charge on any atom is 0.417 e. The summed E-state index contributed by atoms with van der Waals surface area (Å²) >= 11 is 0. The van der Waals surface area contributed by atoms with Crippen molar-refractivity contribution in [2.45, 2.75) is 88.4 Å². The van der Waals surface area contributed by atoms with Crippen LogP contribution in [0.2, 0.25) is 0 Å². The van der Waals surface area contributed by atoms with E-state index in [0.717, 1.165) is 50.4 Å². The highest BCUT2D eigenvalue weighted by molar-refractivity contribution is 5.94. The van der Waals surface area contributed by atoms with Gasteiger partial charge in [0.1, 0.15) is 29.7 Å². The van der Waals surface area contributed by atoms with Crippen molar-refractivity contribution in [3.8, 4) is 17.1 Å². The smallest absolute Gasteiger partial charge is 0.417 e. The number of fused-ring (bicyclic) bond motifs is 4. The molecule has 1 aromatic heterocycles. The van der Waals surface area contributed by atoms with Gasteiger partial charge in [0.25, 0.3) is 0 Å². The number of carbonyl (C=O) groups is 1. The van der Waals surface area contributed by atoms with Crippen LogP contribution < -0.4 is 15.4 Å². The Bertz CT molecular complexity index is 1730. The molecule has 9 nitrogen and oxygen atoms in total. The summed E-state index contributed by atoms with van der Waals surface area (Å²) in [5.74, 6) is -0.627. The summed E-state index contributed by atoms with van der Waals surface area (Å²) in [6.45, 7) is 7.34. The Balaban J connectivity index is 1.29. The van der Waals surface area contributed by atoms with Gasteiger partial charge in [0.05, 0.1) is 23.2 Å². The summed E-state index contributed by atoms with van der Waals surface area (Å²) in [6, 6.07) is 5.33. The van der Waals surface area contributed by atoms with E-state index in [1.54, 1.807) is 4.90 Å². The van der Waals surface area contributed by atoms with Gasteiger partial charge >= 0.3 is 18.3 Å². The Morgan fingerprint density at radius 1 is 1.04 bits per heavy atom. The number of hydrogen-bond acceptors (Lipinski definition) is 8. The standard InChI is InChI=1S/C34H39F5N6O3/c1-32(2,3)48-31(46)45-21-6-7-22(45)17-43(16-21)29-24-9-8-23(25-13-20(40)5-10-26(25)34(37,38)39)27(36)28(24)41-30(42-29)47-18-33-11-4-12-44(33)15-19(35)14-33/h5,8-10,13,19,21-22H,4,6-7,11-12,14-18,40H2,1-3H3/t19-,21-,22+,33+/m1/s1. The second-order valence-electron chi connectivity index (χ2n) is 14.5. The number of piperazine rings is 1. The third-order valence-electron chi connectivity index (χ3n) is 10.0. The van der Waals surface area contributed by atoms with Gasteiger partial charge in [0, 0.05) is 42.7 Å². The van der Waals surface area contributed by atoms with Crippen LogP contribution in [0.1, 0.15) is 58.4 Å². The number of benzene rings is 2. The first-order valence-corrected chi connectivity index (χ1v) is 16.4. The van der Waals surface area contributed by atoms with E-state index >= 15 is 4.39 Å². The molecule has 7 rings (SSSR count). The van der Waals surface area contributed by atoms with E-state index in [4.69, 9.17) is 20.2 Å².